The maximum atomic E-state index is 12.6. The molecule has 2 aromatic heterocycles. The standard InChI is InChI=1S/C20H23N3OS/c1-14-6-7-16-15(11-14)12-17(22-16)20(24)21-13-18(19-5-4-10-25-19)23-8-2-3-9-23/h4-7,10-12,18,22H,2-3,8-9,13H2,1H3,(H,21,24)/t18-/m0/s1. The van der Waals surface area contributed by atoms with E-state index in [0.717, 1.165) is 24.0 Å². The Kier molecular flexibility index (Phi) is 4.59. The van der Waals surface area contributed by atoms with E-state index in [1.165, 1.54) is 23.3 Å². The first-order chi connectivity index (χ1) is 12.2. The molecule has 4 nitrogen and oxygen atoms in total. The van der Waals surface area contributed by atoms with Crippen LogP contribution < -0.4 is 5.32 Å². The molecule has 3 heterocycles. The van der Waals surface area contributed by atoms with Crippen LogP contribution in [-0.2, 0) is 0 Å². The molecule has 3 aromatic rings. The second-order valence-electron chi connectivity index (χ2n) is 6.76. The zero-order valence-electron chi connectivity index (χ0n) is 14.4. The summed E-state index contributed by atoms with van der Waals surface area (Å²) in [7, 11) is 0. The summed E-state index contributed by atoms with van der Waals surface area (Å²) in [5, 5.41) is 6.33. The van der Waals surface area contributed by atoms with E-state index in [4.69, 9.17) is 0 Å². The molecule has 0 saturated carbocycles. The molecule has 1 amide bonds. The van der Waals surface area contributed by atoms with Gasteiger partial charge in [0.25, 0.3) is 5.91 Å². The molecule has 0 radical (unpaired) electrons. The number of hydrogen-bond acceptors (Lipinski definition) is 3. The number of nitrogens with zero attached hydrogens (tertiary/aromatic N) is 1. The predicted molar refractivity (Wildman–Crippen MR) is 103 cm³/mol. The van der Waals surface area contributed by atoms with Gasteiger partial charge in [-0.05, 0) is 62.5 Å². The molecule has 25 heavy (non-hydrogen) atoms. The zero-order valence-corrected chi connectivity index (χ0v) is 15.2. The van der Waals surface area contributed by atoms with E-state index in [-0.39, 0.29) is 11.9 Å². The van der Waals surface area contributed by atoms with Crippen LogP contribution in [0.5, 0.6) is 0 Å². The number of aromatic nitrogens is 1. The fourth-order valence-corrected chi connectivity index (χ4v) is 4.46. The molecule has 1 aromatic carbocycles. The normalized spacial score (nSPS) is 16.4. The topological polar surface area (TPSA) is 48.1 Å². The fraction of sp³-hybridized carbons (Fsp3) is 0.350. The lowest BCUT2D eigenvalue weighted by atomic mass is 10.2. The Morgan fingerprint density at radius 1 is 1.28 bits per heavy atom. The van der Waals surface area contributed by atoms with Gasteiger partial charge in [0.05, 0.1) is 6.04 Å². The van der Waals surface area contributed by atoms with Gasteiger partial charge in [-0.2, -0.15) is 0 Å². The quantitative estimate of drug-likeness (QED) is 0.725. The van der Waals surface area contributed by atoms with Gasteiger partial charge in [-0.15, -0.1) is 11.3 Å². The smallest absolute Gasteiger partial charge is 0.267 e. The Balaban J connectivity index is 1.48. The first-order valence-corrected chi connectivity index (χ1v) is 9.74. The molecule has 130 valence electrons. The van der Waals surface area contributed by atoms with Crippen LogP contribution in [0.2, 0.25) is 0 Å². The van der Waals surface area contributed by atoms with E-state index in [0.29, 0.717) is 12.2 Å². The molecule has 1 atom stereocenters. The van der Waals surface area contributed by atoms with Crippen molar-refractivity contribution in [1.29, 1.82) is 0 Å². The fourth-order valence-electron chi connectivity index (χ4n) is 3.60. The van der Waals surface area contributed by atoms with Gasteiger partial charge in [-0.25, -0.2) is 0 Å². The molecule has 0 bridgehead atoms. The summed E-state index contributed by atoms with van der Waals surface area (Å²) in [6.07, 6.45) is 2.49. The van der Waals surface area contributed by atoms with E-state index in [9.17, 15) is 4.79 Å². The van der Waals surface area contributed by atoms with Crippen LogP contribution >= 0.6 is 11.3 Å². The Morgan fingerprint density at radius 3 is 2.88 bits per heavy atom. The van der Waals surface area contributed by atoms with E-state index < -0.39 is 0 Å². The minimum Gasteiger partial charge on any atom is -0.351 e. The monoisotopic (exact) mass is 353 g/mol. The third-order valence-electron chi connectivity index (χ3n) is 4.93. The SMILES string of the molecule is Cc1ccc2[nH]c(C(=O)NC[C@@H](c3cccs3)N3CCCC3)cc2c1. The predicted octanol–water partition coefficient (Wildman–Crippen LogP) is 4.10. The summed E-state index contributed by atoms with van der Waals surface area (Å²) in [5.41, 5.74) is 2.84. The van der Waals surface area contributed by atoms with Gasteiger partial charge in [0.15, 0.2) is 0 Å². The number of likely N-dealkylation sites (tertiary alicyclic amines) is 1. The van der Waals surface area contributed by atoms with Gasteiger partial charge < -0.3 is 10.3 Å². The van der Waals surface area contributed by atoms with Crippen molar-refractivity contribution in [2.75, 3.05) is 19.6 Å². The number of fused-ring (bicyclic) bond motifs is 1. The summed E-state index contributed by atoms with van der Waals surface area (Å²) in [5.74, 6) is -0.0328. The molecule has 1 aliphatic rings. The number of carbonyl (C=O) groups is 1. The number of H-pyrrole nitrogens is 1. The van der Waals surface area contributed by atoms with Gasteiger partial charge in [0, 0.05) is 22.3 Å². The van der Waals surface area contributed by atoms with Crippen molar-refractivity contribution in [1.82, 2.24) is 15.2 Å². The summed E-state index contributed by atoms with van der Waals surface area (Å²) in [6, 6.07) is 12.7. The van der Waals surface area contributed by atoms with E-state index in [2.05, 4.69) is 51.8 Å². The summed E-state index contributed by atoms with van der Waals surface area (Å²) >= 11 is 1.77. The molecular weight excluding hydrogens is 330 g/mol. The summed E-state index contributed by atoms with van der Waals surface area (Å²) in [6.45, 7) is 4.94. The van der Waals surface area contributed by atoms with Crippen molar-refractivity contribution in [2.24, 2.45) is 0 Å². The zero-order chi connectivity index (χ0) is 17.2. The highest BCUT2D eigenvalue weighted by atomic mass is 32.1. The van der Waals surface area contributed by atoms with E-state index >= 15 is 0 Å². The lowest BCUT2D eigenvalue weighted by molar-refractivity contribution is 0.0934. The molecule has 0 aliphatic carbocycles. The molecule has 1 saturated heterocycles. The van der Waals surface area contributed by atoms with Crippen molar-refractivity contribution in [3.8, 4) is 0 Å². The second kappa shape index (κ2) is 7.02. The van der Waals surface area contributed by atoms with Crippen LogP contribution in [0.25, 0.3) is 10.9 Å². The Bertz CT molecular complexity index is 862. The van der Waals surface area contributed by atoms with Crippen molar-refractivity contribution in [2.45, 2.75) is 25.8 Å². The van der Waals surface area contributed by atoms with Crippen LogP contribution in [0.4, 0.5) is 0 Å². The minimum atomic E-state index is -0.0328. The number of amides is 1. The largest absolute Gasteiger partial charge is 0.351 e. The van der Waals surface area contributed by atoms with Crippen molar-refractivity contribution in [3.05, 3.63) is 57.9 Å². The number of carbonyl (C=O) groups excluding carboxylic acids is 1. The molecular formula is C20H23N3OS. The maximum Gasteiger partial charge on any atom is 0.267 e. The molecule has 1 fully saturated rings. The van der Waals surface area contributed by atoms with Gasteiger partial charge in [0.2, 0.25) is 0 Å². The first-order valence-electron chi connectivity index (χ1n) is 8.86. The van der Waals surface area contributed by atoms with Crippen LogP contribution in [0.15, 0.2) is 41.8 Å². The molecule has 4 rings (SSSR count). The Labute approximate surface area is 151 Å². The van der Waals surface area contributed by atoms with Crippen LogP contribution in [-0.4, -0.2) is 35.4 Å². The second-order valence-corrected chi connectivity index (χ2v) is 7.74. The van der Waals surface area contributed by atoms with Crippen molar-refractivity contribution < 1.29 is 4.79 Å². The van der Waals surface area contributed by atoms with E-state index in [1.807, 2.05) is 12.1 Å². The molecule has 5 heteroatoms. The third kappa shape index (κ3) is 3.48. The first kappa shape index (κ1) is 16.4. The highest BCUT2D eigenvalue weighted by molar-refractivity contribution is 7.10. The summed E-state index contributed by atoms with van der Waals surface area (Å²) < 4.78 is 0. The highest BCUT2D eigenvalue weighted by Crippen LogP contribution is 2.28. The number of benzene rings is 1. The van der Waals surface area contributed by atoms with Gasteiger partial charge >= 0.3 is 0 Å². The number of rotatable bonds is 5. The molecule has 1 aliphatic heterocycles. The van der Waals surface area contributed by atoms with Crippen LogP contribution in [0, 0.1) is 6.92 Å². The molecule has 0 spiro atoms. The number of hydrogen-bond donors (Lipinski definition) is 2. The lowest BCUT2D eigenvalue weighted by Crippen LogP contribution is -2.36. The van der Waals surface area contributed by atoms with Crippen LogP contribution in [0.1, 0.15) is 39.8 Å². The third-order valence-corrected chi connectivity index (χ3v) is 5.90. The van der Waals surface area contributed by atoms with Gasteiger partial charge in [-0.3, -0.25) is 9.69 Å². The lowest BCUT2D eigenvalue weighted by Gasteiger charge is -2.26. The van der Waals surface area contributed by atoms with Crippen molar-refractivity contribution >= 4 is 28.1 Å². The maximum absolute atomic E-state index is 12.6. The number of aromatic amines is 1. The molecule has 2 N–H and O–H groups in total. The Hall–Kier alpha value is -2.11. The molecule has 0 unspecified atom stereocenters. The number of nitrogens with one attached hydrogen (secondary N) is 2. The average molecular weight is 353 g/mol. The number of aryl methyl sites for hydroxylation is 1. The average Bonchev–Trinajstić information content (AvgIpc) is 3.36. The van der Waals surface area contributed by atoms with Crippen LogP contribution in [0.3, 0.4) is 0 Å². The Morgan fingerprint density at radius 2 is 2.12 bits per heavy atom. The highest BCUT2D eigenvalue weighted by Gasteiger charge is 2.25. The summed E-state index contributed by atoms with van der Waals surface area (Å²) in [4.78, 5) is 19.7. The minimum absolute atomic E-state index is 0.0328. The number of thiophene rings is 1. The van der Waals surface area contributed by atoms with E-state index in [1.54, 1.807) is 11.3 Å². The van der Waals surface area contributed by atoms with Crippen molar-refractivity contribution in [3.63, 3.8) is 0 Å². The van der Waals surface area contributed by atoms with Gasteiger partial charge in [0.1, 0.15) is 5.69 Å². The van der Waals surface area contributed by atoms with Gasteiger partial charge in [-0.1, -0.05) is 17.7 Å².